The van der Waals surface area contributed by atoms with Crippen LogP contribution in [0.2, 0.25) is 0 Å². The molecule has 0 radical (unpaired) electrons. The maximum Gasteiger partial charge on any atom is 0.391 e. The number of aromatic nitrogens is 1. The highest BCUT2D eigenvalue weighted by atomic mass is 19.4. The molecule has 1 heterocycles. The van der Waals surface area contributed by atoms with Crippen molar-refractivity contribution in [1.82, 2.24) is 4.98 Å². The fraction of sp³-hybridized carbons (Fsp3) is 0.500. The van der Waals surface area contributed by atoms with Crippen LogP contribution in [0.5, 0.6) is 0 Å². The van der Waals surface area contributed by atoms with E-state index in [1.54, 1.807) is 6.92 Å². The lowest BCUT2D eigenvalue weighted by molar-refractivity contribution is -0.136. The number of carbonyl (C=O) groups excluding carboxylic acids is 1. The van der Waals surface area contributed by atoms with Gasteiger partial charge in [0.15, 0.2) is 0 Å². The molecule has 1 rings (SSSR count). The molecule has 4 nitrogen and oxygen atoms in total. The number of halogens is 3. The number of pyridine rings is 1. The highest BCUT2D eigenvalue weighted by Crippen LogP contribution is 2.23. The number of alkyl halides is 3. The molecule has 0 aliphatic carbocycles. The predicted octanol–water partition coefficient (Wildman–Crippen LogP) is 3.01. The van der Waals surface area contributed by atoms with Crippen molar-refractivity contribution in [3.63, 3.8) is 0 Å². The molecule has 0 spiro atoms. The van der Waals surface area contributed by atoms with Crippen molar-refractivity contribution >= 4 is 11.8 Å². The molecule has 0 aromatic carbocycles. The number of carbonyl (C=O) groups is 1. The summed E-state index contributed by atoms with van der Waals surface area (Å²) >= 11 is 0. The molecule has 7 heteroatoms. The summed E-state index contributed by atoms with van der Waals surface area (Å²) < 4.78 is 41.5. The van der Waals surface area contributed by atoms with Gasteiger partial charge in [-0.05, 0) is 26.0 Å². The highest BCUT2D eigenvalue weighted by molar-refractivity contribution is 5.94. The normalized spacial score (nSPS) is 12.9. The maximum absolute atomic E-state index is 12.2. The fourth-order valence-corrected chi connectivity index (χ4v) is 1.53. The van der Waals surface area contributed by atoms with Gasteiger partial charge in [0.05, 0.1) is 13.0 Å². The van der Waals surface area contributed by atoms with E-state index in [-0.39, 0.29) is 18.0 Å². The number of rotatable bonds is 5. The molecule has 0 bridgehead atoms. The average Bonchev–Trinajstić information content (AvgIpc) is 2.27. The Kier molecular flexibility index (Phi) is 5.14. The van der Waals surface area contributed by atoms with Crippen LogP contribution in [-0.2, 0) is 4.74 Å². The summed E-state index contributed by atoms with van der Waals surface area (Å²) in [6.45, 7) is 3.20. The Morgan fingerprint density at radius 3 is 2.79 bits per heavy atom. The van der Waals surface area contributed by atoms with E-state index in [1.165, 1.54) is 25.3 Å². The Hall–Kier alpha value is -1.79. The zero-order chi connectivity index (χ0) is 14.5. The van der Waals surface area contributed by atoms with Crippen LogP contribution >= 0.6 is 0 Å². The van der Waals surface area contributed by atoms with Gasteiger partial charge in [0.2, 0.25) is 0 Å². The molecular weight excluding hydrogens is 261 g/mol. The van der Waals surface area contributed by atoms with E-state index in [9.17, 15) is 18.0 Å². The van der Waals surface area contributed by atoms with E-state index < -0.39 is 24.6 Å². The number of nitrogens with one attached hydrogen (secondary N) is 1. The summed E-state index contributed by atoms with van der Waals surface area (Å²) in [5, 5.41) is 2.57. The summed E-state index contributed by atoms with van der Waals surface area (Å²) in [6.07, 6.45) is -3.89. The van der Waals surface area contributed by atoms with Crippen LogP contribution in [0, 0.1) is 0 Å². The molecule has 1 atom stereocenters. The summed E-state index contributed by atoms with van der Waals surface area (Å²) in [5.41, 5.74) is 0.123. The van der Waals surface area contributed by atoms with Gasteiger partial charge in [-0.15, -0.1) is 0 Å². The first-order valence-corrected chi connectivity index (χ1v) is 5.79. The lowest BCUT2D eigenvalue weighted by Crippen LogP contribution is -2.25. The van der Waals surface area contributed by atoms with Crippen LogP contribution in [0.15, 0.2) is 18.3 Å². The minimum Gasteiger partial charge on any atom is -0.462 e. The smallest absolute Gasteiger partial charge is 0.391 e. The minimum absolute atomic E-state index is 0.0951. The summed E-state index contributed by atoms with van der Waals surface area (Å²) in [6, 6.07) is 2.09. The van der Waals surface area contributed by atoms with Crippen LogP contribution < -0.4 is 5.32 Å². The van der Waals surface area contributed by atoms with Gasteiger partial charge < -0.3 is 10.1 Å². The molecule has 1 aromatic rings. The van der Waals surface area contributed by atoms with Gasteiger partial charge in [-0.1, -0.05) is 0 Å². The second-order valence-electron chi connectivity index (χ2n) is 3.98. The molecule has 0 fully saturated rings. The van der Waals surface area contributed by atoms with E-state index in [2.05, 4.69) is 10.3 Å². The first-order valence-electron chi connectivity index (χ1n) is 5.79. The van der Waals surface area contributed by atoms with Crippen molar-refractivity contribution in [2.24, 2.45) is 0 Å². The lowest BCUT2D eigenvalue weighted by atomic mass is 10.2. The summed E-state index contributed by atoms with van der Waals surface area (Å²) in [4.78, 5) is 15.5. The molecule has 19 heavy (non-hydrogen) atoms. The largest absolute Gasteiger partial charge is 0.462 e. The summed E-state index contributed by atoms with van der Waals surface area (Å²) in [7, 11) is 0. The van der Waals surface area contributed by atoms with Gasteiger partial charge >= 0.3 is 12.1 Å². The molecule has 0 saturated carbocycles. The quantitative estimate of drug-likeness (QED) is 0.840. The van der Waals surface area contributed by atoms with Crippen LogP contribution in [0.1, 0.15) is 30.6 Å². The Morgan fingerprint density at radius 1 is 1.53 bits per heavy atom. The van der Waals surface area contributed by atoms with Gasteiger partial charge in [-0.25, -0.2) is 9.78 Å². The maximum atomic E-state index is 12.2. The second kappa shape index (κ2) is 6.40. The minimum atomic E-state index is -4.27. The SMILES string of the molecule is CCOC(=O)c1cccnc1NC(C)CC(F)(F)F. The molecule has 1 aromatic heterocycles. The Morgan fingerprint density at radius 2 is 2.21 bits per heavy atom. The molecule has 0 aliphatic heterocycles. The van der Waals surface area contributed by atoms with Crippen LogP contribution in [-0.4, -0.2) is 29.8 Å². The number of nitrogens with zero attached hydrogens (tertiary/aromatic N) is 1. The zero-order valence-electron chi connectivity index (χ0n) is 10.6. The number of hydrogen-bond acceptors (Lipinski definition) is 4. The topological polar surface area (TPSA) is 51.2 Å². The molecular formula is C12H15F3N2O2. The Labute approximate surface area is 109 Å². The predicted molar refractivity (Wildman–Crippen MR) is 64.0 cm³/mol. The van der Waals surface area contributed by atoms with Gasteiger partial charge in [0.25, 0.3) is 0 Å². The van der Waals surface area contributed by atoms with E-state index in [0.717, 1.165) is 0 Å². The zero-order valence-corrected chi connectivity index (χ0v) is 10.6. The monoisotopic (exact) mass is 276 g/mol. The number of anilines is 1. The molecule has 0 amide bonds. The third-order valence-corrected chi connectivity index (χ3v) is 2.22. The van der Waals surface area contributed by atoms with Gasteiger partial charge in [0, 0.05) is 12.2 Å². The average molecular weight is 276 g/mol. The Bertz CT molecular complexity index is 435. The number of ether oxygens (including phenoxy) is 1. The van der Waals surface area contributed by atoms with E-state index >= 15 is 0 Å². The first kappa shape index (κ1) is 15.3. The first-order chi connectivity index (χ1) is 8.83. The lowest BCUT2D eigenvalue weighted by Gasteiger charge is -2.17. The Balaban J connectivity index is 2.80. The summed E-state index contributed by atoms with van der Waals surface area (Å²) in [5.74, 6) is -0.519. The third kappa shape index (κ3) is 5.15. The van der Waals surface area contributed by atoms with Gasteiger partial charge in [0.1, 0.15) is 11.4 Å². The molecule has 106 valence electrons. The highest BCUT2D eigenvalue weighted by Gasteiger charge is 2.30. The third-order valence-electron chi connectivity index (χ3n) is 2.22. The number of esters is 1. The van der Waals surface area contributed by atoms with Crippen LogP contribution in [0.4, 0.5) is 19.0 Å². The van der Waals surface area contributed by atoms with Crippen molar-refractivity contribution in [1.29, 1.82) is 0 Å². The molecule has 0 aliphatic rings. The van der Waals surface area contributed by atoms with Gasteiger partial charge in [-0.2, -0.15) is 13.2 Å². The number of hydrogen-bond donors (Lipinski definition) is 1. The van der Waals surface area contributed by atoms with Crippen molar-refractivity contribution in [2.45, 2.75) is 32.5 Å². The molecule has 0 saturated heterocycles. The van der Waals surface area contributed by atoms with Crippen LogP contribution in [0.3, 0.4) is 0 Å². The molecule has 1 N–H and O–H groups in total. The van der Waals surface area contributed by atoms with Crippen molar-refractivity contribution in [3.05, 3.63) is 23.9 Å². The fourth-order valence-electron chi connectivity index (χ4n) is 1.53. The van der Waals surface area contributed by atoms with Gasteiger partial charge in [-0.3, -0.25) is 0 Å². The molecule has 1 unspecified atom stereocenters. The standard InChI is InChI=1S/C12H15F3N2O2/c1-3-19-11(18)9-5-4-6-16-10(9)17-8(2)7-12(13,14)15/h4-6,8H,3,7H2,1-2H3,(H,16,17). The van der Waals surface area contributed by atoms with Crippen molar-refractivity contribution in [3.8, 4) is 0 Å². The van der Waals surface area contributed by atoms with Crippen molar-refractivity contribution in [2.75, 3.05) is 11.9 Å². The second-order valence-corrected chi connectivity index (χ2v) is 3.98. The van der Waals surface area contributed by atoms with Crippen molar-refractivity contribution < 1.29 is 22.7 Å². The van der Waals surface area contributed by atoms with Crippen LogP contribution in [0.25, 0.3) is 0 Å². The van der Waals surface area contributed by atoms with E-state index in [4.69, 9.17) is 4.74 Å². The van der Waals surface area contributed by atoms with E-state index in [1.807, 2.05) is 0 Å². The van der Waals surface area contributed by atoms with E-state index in [0.29, 0.717) is 0 Å².